The van der Waals surface area contributed by atoms with E-state index < -0.39 is 0 Å². The number of thioether (sulfide) groups is 1. The largest absolute Gasteiger partial charge is 0.384 e. The predicted molar refractivity (Wildman–Crippen MR) is 87.6 cm³/mol. The molecule has 102 valence electrons. The summed E-state index contributed by atoms with van der Waals surface area (Å²) in [7, 11) is 0. The van der Waals surface area contributed by atoms with Gasteiger partial charge in [-0.3, -0.25) is 0 Å². The summed E-state index contributed by atoms with van der Waals surface area (Å²) in [6.45, 7) is 1.91. The Morgan fingerprint density at radius 2 is 2.10 bits per heavy atom. The smallest absolute Gasteiger partial charge is 0.190 e. The van der Waals surface area contributed by atoms with Crippen LogP contribution in [0.4, 0.5) is 5.82 Å². The molecular formula is C14H12ClN3S2. The van der Waals surface area contributed by atoms with E-state index >= 15 is 0 Å². The first-order valence-electron chi connectivity index (χ1n) is 6.03. The van der Waals surface area contributed by atoms with E-state index in [2.05, 4.69) is 16.0 Å². The van der Waals surface area contributed by atoms with Crippen LogP contribution >= 0.6 is 34.7 Å². The maximum atomic E-state index is 6.42. The number of nitrogens with zero attached hydrogens (tertiary/aromatic N) is 2. The third-order valence-electron chi connectivity index (χ3n) is 2.79. The van der Waals surface area contributed by atoms with Gasteiger partial charge in [-0.05, 0) is 13.0 Å². The van der Waals surface area contributed by atoms with E-state index in [9.17, 15) is 0 Å². The number of nitrogen functional groups attached to an aromatic ring is 1. The molecule has 0 atom stereocenters. The summed E-state index contributed by atoms with van der Waals surface area (Å²) in [4.78, 5) is 9.73. The lowest BCUT2D eigenvalue weighted by Crippen LogP contribution is -1.96. The van der Waals surface area contributed by atoms with Gasteiger partial charge in [-0.25, -0.2) is 9.97 Å². The summed E-state index contributed by atoms with van der Waals surface area (Å²) >= 11 is 9.68. The van der Waals surface area contributed by atoms with Crippen LogP contribution in [0.2, 0.25) is 5.02 Å². The van der Waals surface area contributed by atoms with Gasteiger partial charge in [0, 0.05) is 32.5 Å². The van der Waals surface area contributed by atoms with E-state index in [-0.39, 0.29) is 0 Å². The number of fused-ring (bicyclic) bond motifs is 1. The highest BCUT2D eigenvalue weighted by Crippen LogP contribution is 2.38. The van der Waals surface area contributed by atoms with Gasteiger partial charge in [-0.2, -0.15) is 0 Å². The van der Waals surface area contributed by atoms with Crippen molar-refractivity contribution in [3.8, 4) is 0 Å². The van der Waals surface area contributed by atoms with Gasteiger partial charge in [0.15, 0.2) is 5.16 Å². The van der Waals surface area contributed by atoms with Crippen molar-refractivity contribution in [2.75, 3.05) is 5.73 Å². The Morgan fingerprint density at radius 3 is 2.85 bits per heavy atom. The number of anilines is 1. The summed E-state index contributed by atoms with van der Waals surface area (Å²) in [5.41, 5.74) is 6.61. The number of benzene rings is 1. The van der Waals surface area contributed by atoms with Crippen LogP contribution in [0.1, 0.15) is 10.6 Å². The number of nitrogens with two attached hydrogens (primary N) is 1. The summed E-state index contributed by atoms with van der Waals surface area (Å²) in [6.07, 6.45) is 0. The number of aryl methyl sites for hydroxylation is 1. The van der Waals surface area contributed by atoms with Gasteiger partial charge in [0.05, 0.1) is 5.02 Å². The number of aromatic nitrogens is 2. The van der Waals surface area contributed by atoms with Crippen LogP contribution in [-0.2, 0) is 5.75 Å². The van der Waals surface area contributed by atoms with Crippen molar-refractivity contribution in [2.45, 2.75) is 17.8 Å². The quantitative estimate of drug-likeness (QED) is 0.569. The minimum Gasteiger partial charge on any atom is -0.384 e. The number of halogens is 1. The monoisotopic (exact) mass is 321 g/mol. The molecule has 2 N–H and O–H groups in total. The number of thiophene rings is 1. The summed E-state index contributed by atoms with van der Waals surface area (Å²) in [6, 6.07) is 9.92. The van der Waals surface area contributed by atoms with Crippen molar-refractivity contribution in [3.05, 3.63) is 45.9 Å². The minimum atomic E-state index is 0.502. The maximum absolute atomic E-state index is 6.42. The molecule has 0 spiro atoms. The molecule has 0 aliphatic heterocycles. The van der Waals surface area contributed by atoms with E-state index in [1.54, 1.807) is 29.2 Å². The van der Waals surface area contributed by atoms with Crippen LogP contribution in [-0.4, -0.2) is 9.97 Å². The summed E-state index contributed by atoms with van der Waals surface area (Å²) in [5, 5.41) is 2.63. The molecule has 0 amide bonds. The Morgan fingerprint density at radius 1 is 1.30 bits per heavy atom. The molecule has 0 saturated carbocycles. The van der Waals surface area contributed by atoms with Crippen molar-refractivity contribution < 1.29 is 0 Å². The van der Waals surface area contributed by atoms with Crippen molar-refractivity contribution in [3.63, 3.8) is 0 Å². The van der Waals surface area contributed by atoms with Crippen molar-refractivity contribution in [1.29, 1.82) is 0 Å². The molecule has 0 fully saturated rings. The molecule has 0 saturated heterocycles. The Hall–Kier alpha value is -1.30. The van der Waals surface area contributed by atoms with E-state index in [1.807, 2.05) is 25.1 Å². The van der Waals surface area contributed by atoms with Crippen LogP contribution in [0.5, 0.6) is 0 Å². The Labute approximate surface area is 130 Å². The first-order valence-corrected chi connectivity index (χ1v) is 8.21. The molecule has 0 aliphatic carbocycles. The lowest BCUT2D eigenvalue weighted by atomic mass is 10.2. The van der Waals surface area contributed by atoms with Crippen LogP contribution in [0.3, 0.4) is 0 Å². The van der Waals surface area contributed by atoms with Crippen molar-refractivity contribution >= 4 is 50.6 Å². The zero-order valence-corrected chi connectivity index (χ0v) is 13.1. The second-order valence-corrected chi connectivity index (χ2v) is 6.80. The Balaban J connectivity index is 1.84. The Bertz CT molecular complexity index is 750. The van der Waals surface area contributed by atoms with Crippen LogP contribution in [0.15, 0.2) is 35.5 Å². The molecule has 2 aromatic heterocycles. The number of rotatable bonds is 3. The van der Waals surface area contributed by atoms with Gasteiger partial charge in [0.25, 0.3) is 0 Å². The maximum Gasteiger partial charge on any atom is 0.190 e. The highest BCUT2D eigenvalue weighted by Gasteiger charge is 2.11. The second kappa shape index (κ2) is 5.60. The average molecular weight is 322 g/mol. The fourth-order valence-corrected chi connectivity index (χ4v) is 4.49. The van der Waals surface area contributed by atoms with Crippen molar-refractivity contribution in [2.24, 2.45) is 0 Å². The number of hydrogen-bond donors (Lipinski definition) is 1. The predicted octanol–water partition coefficient (Wildman–Crippen LogP) is 4.53. The van der Waals surface area contributed by atoms with Crippen molar-refractivity contribution in [1.82, 2.24) is 9.97 Å². The third kappa shape index (κ3) is 2.75. The lowest BCUT2D eigenvalue weighted by Gasteiger charge is -2.02. The fourth-order valence-electron chi connectivity index (χ4n) is 1.92. The van der Waals surface area contributed by atoms with Crippen LogP contribution in [0, 0.1) is 6.92 Å². The zero-order valence-electron chi connectivity index (χ0n) is 10.8. The minimum absolute atomic E-state index is 0.502. The van der Waals surface area contributed by atoms with Gasteiger partial charge < -0.3 is 5.73 Å². The molecular weight excluding hydrogens is 310 g/mol. The van der Waals surface area contributed by atoms with Gasteiger partial charge >= 0.3 is 0 Å². The molecule has 6 heteroatoms. The first-order chi connectivity index (χ1) is 9.63. The summed E-state index contributed by atoms with van der Waals surface area (Å²) < 4.78 is 1.21. The summed E-state index contributed by atoms with van der Waals surface area (Å²) in [5.74, 6) is 1.25. The molecule has 20 heavy (non-hydrogen) atoms. The van der Waals surface area contributed by atoms with E-state index in [4.69, 9.17) is 17.3 Å². The molecule has 1 aromatic carbocycles. The molecule has 0 radical (unpaired) electrons. The van der Waals surface area contributed by atoms with E-state index in [0.29, 0.717) is 11.0 Å². The molecule has 3 nitrogen and oxygen atoms in total. The number of hydrogen-bond acceptors (Lipinski definition) is 5. The average Bonchev–Trinajstić information content (AvgIpc) is 2.73. The SMILES string of the molecule is Cc1cc(N)nc(SCc2sc3ccccc3c2Cl)n1. The van der Waals surface area contributed by atoms with Crippen LogP contribution < -0.4 is 5.73 Å². The van der Waals surface area contributed by atoms with Gasteiger partial charge in [-0.15, -0.1) is 11.3 Å². The van der Waals surface area contributed by atoms with Gasteiger partial charge in [-0.1, -0.05) is 41.6 Å². The standard InChI is InChI=1S/C14H12ClN3S2/c1-8-6-12(16)18-14(17-8)19-7-11-13(15)9-4-2-3-5-10(9)20-11/h2-6H,7H2,1H3,(H2,16,17,18). The van der Waals surface area contributed by atoms with Gasteiger partial charge in [0.2, 0.25) is 0 Å². The molecule has 0 unspecified atom stereocenters. The molecule has 3 aromatic rings. The fraction of sp³-hybridized carbons (Fsp3) is 0.143. The zero-order chi connectivity index (χ0) is 14.1. The molecule has 2 heterocycles. The highest BCUT2D eigenvalue weighted by molar-refractivity contribution is 7.98. The van der Waals surface area contributed by atoms with E-state index in [1.165, 1.54) is 4.70 Å². The molecule has 0 bridgehead atoms. The Kier molecular flexibility index (Phi) is 3.83. The normalized spacial score (nSPS) is 11.1. The highest BCUT2D eigenvalue weighted by atomic mass is 35.5. The molecule has 3 rings (SSSR count). The van der Waals surface area contributed by atoms with E-state index in [0.717, 1.165) is 26.7 Å². The topological polar surface area (TPSA) is 51.8 Å². The van der Waals surface area contributed by atoms with Crippen LogP contribution in [0.25, 0.3) is 10.1 Å². The van der Waals surface area contributed by atoms with Gasteiger partial charge in [0.1, 0.15) is 5.82 Å². The lowest BCUT2D eigenvalue weighted by molar-refractivity contribution is 0.940. The molecule has 0 aliphatic rings. The third-order valence-corrected chi connectivity index (χ3v) is 5.56. The second-order valence-electron chi connectivity index (χ2n) is 4.34. The first kappa shape index (κ1) is 13.7.